The van der Waals surface area contributed by atoms with Gasteiger partial charge in [-0.2, -0.15) is 5.10 Å². The molecule has 0 aliphatic carbocycles. The fraction of sp³-hybridized carbons (Fsp3) is 0.333. The van der Waals surface area contributed by atoms with E-state index in [0.717, 1.165) is 28.1 Å². The molecule has 1 aromatic carbocycles. The number of nitrogens with zero attached hydrogens (tertiary/aromatic N) is 2. The number of rotatable bonds is 3. The van der Waals surface area contributed by atoms with Crippen LogP contribution in [0.4, 0.5) is 5.69 Å². The van der Waals surface area contributed by atoms with Crippen LogP contribution in [0.2, 0.25) is 0 Å². The van der Waals surface area contributed by atoms with Crippen molar-refractivity contribution in [3.05, 3.63) is 45.6 Å². The molecule has 1 unspecified atom stereocenters. The number of nitrogens with one attached hydrogen (secondary N) is 3. The van der Waals surface area contributed by atoms with E-state index in [0.29, 0.717) is 0 Å². The third-order valence-corrected chi connectivity index (χ3v) is 3.90. The number of fused-ring (bicyclic) bond motifs is 1. The smallest absolute Gasteiger partial charge is 0.323 e. The van der Waals surface area contributed by atoms with Crippen molar-refractivity contribution in [1.29, 1.82) is 0 Å². The highest BCUT2D eigenvalue weighted by molar-refractivity contribution is 5.78. The van der Waals surface area contributed by atoms with Gasteiger partial charge in [0.25, 0.3) is 0 Å². The van der Waals surface area contributed by atoms with E-state index in [2.05, 4.69) is 34.2 Å². The number of anilines is 1. The Balaban J connectivity index is 1.91. The van der Waals surface area contributed by atoms with Gasteiger partial charge in [-0.15, -0.1) is 0 Å². The summed E-state index contributed by atoms with van der Waals surface area (Å²) in [5.41, 5.74) is 5.79. The van der Waals surface area contributed by atoms with Crippen LogP contribution in [-0.2, 0) is 7.05 Å². The standard InChI is InChI=1S/C15H19N5O/c1-8(14-9(2)19-20(4)10(14)3)16-11-5-6-12-13(7-11)18-15(21)17-12/h5-8,16H,1-4H3,(H2,17,18,21). The zero-order valence-corrected chi connectivity index (χ0v) is 12.6. The zero-order chi connectivity index (χ0) is 15.1. The van der Waals surface area contributed by atoms with E-state index in [4.69, 9.17) is 0 Å². The molecule has 3 N–H and O–H groups in total. The van der Waals surface area contributed by atoms with Crippen LogP contribution in [0.25, 0.3) is 11.0 Å². The lowest BCUT2D eigenvalue weighted by Gasteiger charge is -2.16. The summed E-state index contributed by atoms with van der Waals surface area (Å²) in [5.74, 6) is 0. The van der Waals surface area contributed by atoms with Crippen LogP contribution in [0.15, 0.2) is 23.0 Å². The summed E-state index contributed by atoms with van der Waals surface area (Å²) in [4.78, 5) is 16.8. The summed E-state index contributed by atoms with van der Waals surface area (Å²) in [6.45, 7) is 6.20. The van der Waals surface area contributed by atoms with Crippen LogP contribution in [0, 0.1) is 13.8 Å². The first-order chi connectivity index (χ1) is 9.95. The van der Waals surface area contributed by atoms with Gasteiger partial charge in [0, 0.05) is 24.0 Å². The van der Waals surface area contributed by atoms with Gasteiger partial charge in [-0.3, -0.25) is 4.68 Å². The molecule has 0 radical (unpaired) electrons. The Hall–Kier alpha value is -2.50. The SMILES string of the molecule is Cc1nn(C)c(C)c1C(C)Nc1ccc2[nH]c(=O)[nH]c2c1. The van der Waals surface area contributed by atoms with Crippen LogP contribution in [-0.4, -0.2) is 19.7 Å². The number of aryl methyl sites for hydroxylation is 2. The lowest BCUT2D eigenvalue weighted by Crippen LogP contribution is -2.09. The van der Waals surface area contributed by atoms with E-state index >= 15 is 0 Å². The third kappa shape index (κ3) is 2.33. The van der Waals surface area contributed by atoms with Crippen molar-refractivity contribution in [1.82, 2.24) is 19.7 Å². The second kappa shape index (κ2) is 4.80. The molecule has 6 heteroatoms. The van der Waals surface area contributed by atoms with E-state index in [1.54, 1.807) is 0 Å². The first-order valence-electron chi connectivity index (χ1n) is 6.94. The fourth-order valence-corrected chi connectivity index (χ4v) is 2.86. The van der Waals surface area contributed by atoms with E-state index < -0.39 is 0 Å². The first kappa shape index (κ1) is 13.5. The minimum absolute atomic E-state index is 0.141. The molecule has 3 aromatic rings. The fourth-order valence-electron chi connectivity index (χ4n) is 2.86. The van der Waals surface area contributed by atoms with E-state index in [-0.39, 0.29) is 11.7 Å². The normalized spacial score (nSPS) is 12.8. The molecule has 0 aliphatic rings. The predicted molar refractivity (Wildman–Crippen MR) is 83.6 cm³/mol. The highest BCUT2D eigenvalue weighted by Gasteiger charge is 2.16. The molecule has 3 rings (SSSR count). The molecular weight excluding hydrogens is 266 g/mol. The average molecular weight is 285 g/mol. The molecule has 1 atom stereocenters. The van der Waals surface area contributed by atoms with Crippen molar-refractivity contribution >= 4 is 16.7 Å². The number of hydrogen-bond donors (Lipinski definition) is 3. The maximum atomic E-state index is 11.3. The van der Waals surface area contributed by atoms with Crippen molar-refractivity contribution in [2.75, 3.05) is 5.32 Å². The summed E-state index contributed by atoms with van der Waals surface area (Å²) in [7, 11) is 1.95. The maximum absolute atomic E-state index is 11.3. The number of aromatic amines is 2. The van der Waals surface area contributed by atoms with Gasteiger partial charge in [0.2, 0.25) is 0 Å². The maximum Gasteiger partial charge on any atom is 0.323 e. The monoisotopic (exact) mass is 285 g/mol. The topological polar surface area (TPSA) is 78.5 Å². The molecule has 21 heavy (non-hydrogen) atoms. The largest absolute Gasteiger partial charge is 0.378 e. The Morgan fingerprint density at radius 3 is 2.62 bits per heavy atom. The zero-order valence-electron chi connectivity index (χ0n) is 12.6. The van der Waals surface area contributed by atoms with Gasteiger partial charge in [-0.1, -0.05) is 0 Å². The van der Waals surface area contributed by atoms with Crippen LogP contribution in [0.3, 0.4) is 0 Å². The lowest BCUT2D eigenvalue weighted by molar-refractivity contribution is 0.728. The van der Waals surface area contributed by atoms with Crippen LogP contribution >= 0.6 is 0 Å². The van der Waals surface area contributed by atoms with Gasteiger partial charge < -0.3 is 15.3 Å². The second-order valence-electron chi connectivity index (χ2n) is 5.41. The minimum atomic E-state index is -0.186. The Kier molecular flexibility index (Phi) is 3.08. The number of H-pyrrole nitrogens is 2. The van der Waals surface area contributed by atoms with Gasteiger partial charge in [-0.25, -0.2) is 4.79 Å². The molecule has 2 aromatic heterocycles. The highest BCUT2D eigenvalue weighted by atomic mass is 16.1. The number of aromatic nitrogens is 4. The van der Waals surface area contributed by atoms with Gasteiger partial charge in [0.05, 0.1) is 22.8 Å². The van der Waals surface area contributed by atoms with Crippen molar-refractivity contribution in [3.63, 3.8) is 0 Å². The predicted octanol–water partition coefficient (Wildman–Crippen LogP) is 2.38. The van der Waals surface area contributed by atoms with Crippen LogP contribution in [0.5, 0.6) is 0 Å². The molecule has 0 spiro atoms. The average Bonchev–Trinajstić information content (AvgIpc) is 2.88. The van der Waals surface area contributed by atoms with Crippen molar-refractivity contribution < 1.29 is 0 Å². The van der Waals surface area contributed by atoms with Crippen molar-refractivity contribution in [3.8, 4) is 0 Å². The number of hydrogen-bond acceptors (Lipinski definition) is 3. The van der Waals surface area contributed by atoms with Crippen molar-refractivity contribution in [2.45, 2.75) is 26.8 Å². The van der Waals surface area contributed by atoms with Gasteiger partial charge in [-0.05, 0) is 39.0 Å². The van der Waals surface area contributed by atoms with Crippen molar-refractivity contribution in [2.24, 2.45) is 7.05 Å². The van der Waals surface area contributed by atoms with Gasteiger partial charge in [0.15, 0.2) is 0 Å². The Morgan fingerprint density at radius 1 is 1.24 bits per heavy atom. The summed E-state index contributed by atoms with van der Waals surface area (Å²) in [6.07, 6.45) is 0. The van der Waals surface area contributed by atoms with E-state index in [1.807, 2.05) is 36.9 Å². The molecule has 0 aliphatic heterocycles. The Labute approximate surface area is 122 Å². The Morgan fingerprint density at radius 2 is 1.95 bits per heavy atom. The highest BCUT2D eigenvalue weighted by Crippen LogP contribution is 2.25. The molecule has 0 fully saturated rings. The van der Waals surface area contributed by atoms with E-state index in [1.165, 1.54) is 5.56 Å². The van der Waals surface area contributed by atoms with Crippen LogP contribution in [0.1, 0.15) is 29.9 Å². The Bertz CT molecular complexity index is 855. The second-order valence-corrected chi connectivity index (χ2v) is 5.41. The molecule has 2 heterocycles. The summed E-state index contributed by atoms with van der Waals surface area (Å²) in [6, 6.07) is 5.93. The van der Waals surface area contributed by atoms with Gasteiger partial charge in [0.1, 0.15) is 0 Å². The number of imidazole rings is 1. The molecule has 0 saturated carbocycles. The molecule has 110 valence electrons. The molecule has 0 bridgehead atoms. The first-order valence-corrected chi connectivity index (χ1v) is 6.94. The quantitative estimate of drug-likeness (QED) is 0.691. The lowest BCUT2D eigenvalue weighted by atomic mass is 10.1. The molecule has 0 amide bonds. The summed E-state index contributed by atoms with van der Waals surface area (Å²) in [5, 5.41) is 7.92. The number of benzene rings is 1. The third-order valence-electron chi connectivity index (χ3n) is 3.90. The molecule has 0 saturated heterocycles. The van der Waals surface area contributed by atoms with Gasteiger partial charge >= 0.3 is 5.69 Å². The molecular formula is C15H19N5O. The van der Waals surface area contributed by atoms with E-state index in [9.17, 15) is 4.79 Å². The van der Waals surface area contributed by atoms with Crippen LogP contribution < -0.4 is 11.0 Å². The molecule has 6 nitrogen and oxygen atoms in total. The summed E-state index contributed by atoms with van der Waals surface area (Å²) >= 11 is 0. The summed E-state index contributed by atoms with van der Waals surface area (Å²) < 4.78 is 1.90. The minimum Gasteiger partial charge on any atom is -0.378 e.